The van der Waals surface area contributed by atoms with Gasteiger partial charge in [-0.2, -0.15) is 0 Å². The molecule has 0 spiro atoms. The molecule has 1 amide bonds. The highest BCUT2D eigenvalue weighted by atomic mass is 19.1. The number of halogens is 1. The summed E-state index contributed by atoms with van der Waals surface area (Å²) in [5.41, 5.74) is 5.14. The van der Waals surface area contributed by atoms with Crippen LogP contribution in [0.15, 0.2) is 58.6 Å². The molecule has 1 fully saturated rings. The number of allylic oxidation sites excluding steroid dienone is 5. The molecule has 0 N–H and O–H groups in total. The molecule has 0 aliphatic carbocycles. The Balaban J connectivity index is 0.000000568. The van der Waals surface area contributed by atoms with Crippen molar-refractivity contribution in [2.75, 3.05) is 26.2 Å². The van der Waals surface area contributed by atoms with Gasteiger partial charge in [0, 0.05) is 55.6 Å². The molecule has 0 aromatic carbocycles. The molecule has 206 valence electrons. The first kappa shape index (κ1) is 32.1. The van der Waals surface area contributed by atoms with E-state index in [4.69, 9.17) is 4.74 Å². The van der Waals surface area contributed by atoms with Crippen LogP contribution >= 0.6 is 0 Å². The Kier molecular flexibility index (Phi) is 13.9. The minimum Gasteiger partial charge on any atom is -0.444 e. The van der Waals surface area contributed by atoms with Gasteiger partial charge in [0.2, 0.25) is 0 Å². The molecule has 0 radical (unpaired) electrons. The number of nitrogens with zero attached hydrogens (tertiary/aromatic N) is 4. The lowest BCUT2D eigenvalue weighted by Gasteiger charge is -2.38. The fraction of sp³-hybridized carbons (Fsp3) is 0.567. The molecule has 1 aromatic heterocycles. The second kappa shape index (κ2) is 16.0. The van der Waals surface area contributed by atoms with Crippen LogP contribution in [0.4, 0.5) is 9.18 Å². The van der Waals surface area contributed by atoms with Crippen LogP contribution in [0.1, 0.15) is 80.7 Å². The van der Waals surface area contributed by atoms with E-state index in [0.29, 0.717) is 13.1 Å². The molecule has 1 aromatic rings. The Labute approximate surface area is 224 Å². The number of carbonyl (C=O) groups excluding carboxylic acids is 1. The molecular formula is C30H47FN4O2. The van der Waals surface area contributed by atoms with E-state index in [1.165, 1.54) is 29.1 Å². The van der Waals surface area contributed by atoms with Gasteiger partial charge in [-0.3, -0.25) is 9.98 Å². The standard InChI is InChI=1S/C22H37N3O2.C8H10FN/c1-9-11-12-23-18(4)20(17(3)10-2)19(5)24-13-15-25(16-14-24)21(26)27-22(6,7)8;1-2-3-7-4-8(9)6-10-5-7/h10-12H,9,13-16H2,1-8H3;4-6H,2-3H2,1H3/b12-11+,17-10-,20-19+,23-18+;. The van der Waals surface area contributed by atoms with Gasteiger partial charge in [-0.05, 0) is 78.5 Å². The van der Waals surface area contributed by atoms with E-state index in [-0.39, 0.29) is 11.9 Å². The average molecular weight is 515 g/mol. The molecule has 2 heterocycles. The third-order valence-electron chi connectivity index (χ3n) is 5.87. The Morgan fingerprint density at radius 1 is 1.11 bits per heavy atom. The van der Waals surface area contributed by atoms with E-state index in [1.54, 1.807) is 11.1 Å². The number of piperazine rings is 1. The smallest absolute Gasteiger partial charge is 0.410 e. The van der Waals surface area contributed by atoms with Crippen LogP contribution in [0.5, 0.6) is 0 Å². The summed E-state index contributed by atoms with van der Waals surface area (Å²) < 4.78 is 17.9. The maximum atomic E-state index is 12.4. The summed E-state index contributed by atoms with van der Waals surface area (Å²) in [6.07, 6.45) is 11.7. The second-order valence-electron chi connectivity index (χ2n) is 10.2. The topological polar surface area (TPSA) is 58.0 Å². The summed E-state index contributed by atoms with van der Waals surface area (Å²) in [5, 5.41) is 0. The normalized spacial score (nSPS) is 15.8. The SMILES string of the molecule is CCCc1cncc(F)c1.C\C=C(C)/C(C(/C)=N/C=C/CC)=C(/C)N1CCN(C(=O)OC(C)(C)C)CC1. The molecule has 0 bridgehead atoms. The molecule has 7 heteroatoms. The Morgan fingerprint density at radius 2 is 1.73 bits per heavy atom. The van der Waals surface area contributed by atoms with Gasteiger partial charge in [0.1, 0.15) is 11.4 Å². The third-order valence-corrected chi connectivity index (χ3v) is 5.87. The maximum absolute atomic E-state index is 12.4. The second-order valence-corrected chi connectivity index (χ2v) is 10.2. The predicted octanol–water partition coefficient (Wildman–Crippen LogP) is 7.34. The largest absolute Gasteiger partial charge is 0.444 e. The number of pyridine rings is 1. The van der Waals surface area contributed by atoms with E-state index in [1.807, 2.05) is 27.0 Å². The zero-order chi connectivity index (χ0) is 28.0. The monoisotopic (exact) mass is 514 g/mol. The molecule has 6 nitrogen and oxygen atoms in total. The summed E-state index contributed by atoms with van der Waals surface area (Å²) in [6, 6.07) is 1.52. The van der Waals surface area contributed by atoms with Crippen LogP contribution in [0, 0.1) is 5.82 Å². The fourth-order valence-corrected chi connectivity index (χ4v) is 3.90. The zero-order valence-electron chi connectivity index (χ0n) is 24.4. The minimum atomic E-state index is -0.459. The van der Waals surface area contributed by atoms with Crippen molar-refractivity contribution in [3.8, 4) is 0 Å². The molecule has 1 aliphatic rings. The molecule has 0 atom stereocenters. The third kappa shape index (κ3) is 11.8. The number of aryl methyl sites for hydroxylation is 1. The molecular weight excluding hydrogens is 467 g/mol. The first-order valence-electron chi connectivity index (χ1n) is 13.3. The lowest BCUT2D eigenvalue weighted by molar-refractivity contribution is 0.0168. The van der Waals surface area contributed by atoms with Gasteiger partial charge in [-0.15, -0.1) is 0 Å². The van der Waals surface area contributed by atoms with Crippen LogP contribution in [0.3, 0.4) is 0 Å². The van der Waals surface area contributed by atoms with Crippen molar-refractivity contribution in [1.82, 2.24) is 14.8 Å². The van der Waals surface area contributed by atoms with Crippen LogP contribution in [0.25, 0.3) is 0 Å². The summed E-state index contributed by atoms with van der Waals surface area (Å²) >= 11 is 0. The highest BCUT2D eigenvalue weighted by molar-refractivity contribution is 6.02. The van der Waals surface area contributed by atoms with Crippen molar-refractivity contribution < 1.29 is 13.9 Å². The van der Waals surface area contributed by atoms with Gasteiger partial charge in [-0.1, -0.05) is 32.4 Å². The highest BCUT2D eigenvalue weighted by Gasteiger charge is 2.26. The lowest BCUT2D eigenvalue weighted by atomic mass is 10.00. The average Bonchev–Trinajstić information content (AvgIpc) is 2.84. The molecule has 37 heavy (non-hydrogen) atoms. The molecule has 1 saturated heterocycles. The van der Waals surface area contributed by atoms with Gasteiger partial charge >= 0.3 is 6.09 Å². The molecule has 0 unspecified atom stereocenters. The quantitative estimate of drug-likeness (QED) is 0.282. The number of aliphatic imine (C=N–C) groups is 1. The van der Waals surface area contributed by atoms with Crippen molar-refractivity contribution in [3.05, 3.63) is 65.0 Å². The van der Waals surface area contributed by atoms with Gasteiger partial charge in [0.15, 0.2) is 0 Å². The maximum Gasteiger partial charge on any atom is 0.410 e. The van der Waals surface area contributed by atoms with Gasteiger partial charge in [0.25, 0.3) is 0 Å². The number of carbonyl (C=O) groups is 1. The number of amides is 1. The van der Waals surface area contributed by atoms with Crippen LogP contribution in [-0.4, -0.2) is 58.4 Å². The van der Waals surface area contributed by atoms with Crippen molar-refractivity contribution in [2.45, 2.75) is 87.2 Å². The first-order valence-corrected chi connectivity index (χ1v) is 13.3. The Bertz CT molecular complexity index is 982. The fourth-order valence-electron chi connectivity index (χ4n) is 3.90. The minimum absolute atomic E-state index is 0.226. The van der Waals surface area contributed by atoms with Crippen molar-refractivity contribution in [3.63, 3.8) is 0 Å². The first-order chi connectivity index (χ1) is 17.4. The van der Waals surface area contributed by atoms with Gasteiger partial charge in [0.05, 0.1) is 6.20 Å². The van der Waals surface area contributed by atoms with Gasteiger partial charge < -0.3 is 14.5 Å². The van der Waals surface area contributed by atoms with E-state index >= 15 is 0 Å². The van der Waals surface area contributed by atoms with E-state index in [0.717, 1.165) is 43.6 Å². The summed E-state index contributed by atoms with van der Waals surface area (Å²) in [6.45, 7) is 21.2. The van der Waals surface area contributed by atoms with E-state index < -0.39 is 5.60 Å². The number of hydrogen-bond donors (Lipinski definition) is 0. The molecule has 0 saturated carbocycles. The van der Waals surface area contributed by atoms with Crippen LogP contribution < -0.4 is 0 Å². The van der Waals surface area contributed by atoms with Crippen LogP contribution in [-0.2, 0) is 11.2 Å². The zero-order valence-corrected chi connectivity index (χ0v) is 24.4. The number of aromatic nitrogens is 1. The number of ether oxygens (including phenoxy) is 1. The summed E-state index contributed by atoms with van der Waals surface area (Å²) in [5.74, 6) is -0.244. The highest BCUT2D eigenvalue weighted by Crippen LogP contribution is 2.22. The predicted molar refractivity (Wildman–Crippen MR) is 152 cm³/mol. The van der Waals surface area contributed by atoms with Crippen molar-refractivity contribution in [2.24, 2.45) is 4.99 Å². The number of rotatable bonds is 7. The lowest BCUT2D eigenvalue weighted by Crippen LogP contribution is -2.49. The molecule has 1 aliphatic heterocycles. The van der Waals surface area contributed by atoms with Crippen molar-refractivity contribution in [1.29, 1.82) is 0 Å². The molecule has 2 rings (SSSR count). The van der Waals surface area contributed by atoms with E-state index in [9.17, 15) is 9.18 Å². The summed E-state index contributed by atoms with van der Waals surface area (Å²) in [7, 11) is 0. The Hall–Kier alpha value is -2.96. The summed E-state index contributed by atoms with van der Waals surface area (Å²) in [4.78, 5) is 24.7. The van der Waals surface area contributed by atoms with Gasteiger partial charge in [-0.25, -0.2) is 9.18 Å². The number of hydrogen-bond acceptors (Lipinski definition) is 5. The van der Waals surface area contributed by atoms with Crippen molar-refractivity contribution >= 4 is 11.8 Å². The van der Waals surface area contributed by atoms with E-state index in [2.05, 4.69) is 68.6 Å². The Morgan fingerprint density at radius 3 is 2.24 bits per heavy atom. The van der Waals surface area contributed by atoms with Crippen LogP contribution in [0.2, 0.25) is 0 Å².